The molecule has 0 spiro atoms. The summed E-state index contributed by atoms with van der Waals surface area (Å²) in [5.41, 5.74) is 1.52. The third-order valence-corrected chi connectivity index (χ3v) is 2.83. The number of carbonyl (C=O) groups excluding carboxylic acids is 1. The molecule has 21 heavy (non-hydrogen) atoms. The number of hydrogen-bond acceptors (Lipinski definition) is 4. The van der Waals surface area contributed by atoms with Crippen molar-refractivity contribution < 1.29 is 4.79 Å². The lowest BCUT2D eigenvalue weighted by molar-refractivity contribution is -0.115. The molecule has 3 N–H and O–H groups in total. The molecule has 1 amide bonds. The zero-order valence-corrected chi connectivity index (χ0v) is 13.1. The van der Waals surface area contributed by atoms with Crippen molar-refractivity contribution >= 4 is 24.0 Å². The van der Waals surface area contributed by atoms with Gasteiger partial charge in [0, 0.05) is 11.5 Å². The number of likely N-dealkylation sites (N-methyl/N-ethyl adjacent to an activating group) is 1. The normalized spacial score (nSPS) is 10.3. The summed E-state index contributed by atoms with van der Waals surface area (Å²) >= 11 is 0. The summed E-state index contributed by atoms with van der Waals surface area (Å²) in [6.07, 6.45) is 0. The monoisotopic (exact) mass is 309 g/mol. The minimum atomic E-state index is -0.0976. The average molecular weight is 310 g/mol. The van der Waals surface area contributed by atoms with Crippen molar-refractivity contribution in [1.82, 2.24) is 20.5 Å². The fourth-order valence-corrected chi connectivity index (χ4v) is 1.80. The molecule has 2 aromatic rings. The van der Waals surface area contributed by atoms with Gasteiger partial charge in [0.2, 0.25) is 5.91 Å². The number of anilines is 1. The fraction of sp³-hybridized carbons (Fsp3) is 0.357. The van der Waals surface area contributed by atoms with Crippen molar-refractivity contribution in [3.63, 3.8) is 0 Å². The second-order valence-corrected chi connectivity index (χ2v) is 4.82. The summed E-state index contributed by atoms with van der Waals surface area (Å²) in [6.45, 7) is 4.36. The zero-order chi connectivity index (χ0) is 14.5. The minimum Gasteiger partial charge on any atom is -0.324 e. The molecule has 2 rings (SSSR count). The summed E-state index contributed by atoms with van der Waals surface area (Å²) in [7, 11) is 1.73. The van der Waals surface area contributed by atoms with Gasteiger partial charge in [0.1, 0.15) is 5.82 Å². The number of rotatable bonds is 5. The van der Waals surface area contributed by atoms with Crippen LogP contribution in [0, 0.1) is 0 Å². The van der Waals surface area contributed by atoms with E-state index in [0.717, 1.165) is 11.4 Å². The molecule has 0 bridgehead atoms. The Labute approximate surface area is 130 Å². The first-order chi connectivity index (χ1) is 9.61. The Kier molecular flexibility index (Phi) is 6.33. The molecule has 0 radical (unpaired) electrons. The predicted molar refractivity (Wildman–Crippen MR) is 85.7 cm³/mol. The summed E-state index contributed by atoms with van der Waals surface area (Å²) in [5.74, 6) is 1.60. The minimum absolute atomic E-state index is 0. The quantitative estimate of drug-likeness (QED) is 0.790. The van der Waals surface area contributed by atoms with Crippen molar-refractivity contribution in [2.75, 3.05) is 18.9 Å². The SMILES string of the molecule is CNCC(=O)Nc1ccccc1-c1n[nH]c(C(C)C)n1.Cl. The first-order valence-corrected chi connectivity index (χ1v) is 6.58. The molecule has 1 aromatic heterocycles. The highest BCUT2D eigenvalue weighted by molar-refractivity contribution is 5.95. The highest BCUT2D eigenvalue weighted by atomic mass is 35.5. The first kappa shape index (κ1) is 17.1. The van der Waals surface area contributed by atoms with Crippen molar-refractivity contribution in [2.45, 2.75) is 19.8 Å². The third kappa shape index (κ3) is 4.27. The molecular weight excluding hydrogens is 290 g/mol. The lowest BCUT2D eigenvalue weighted by atomic mass is 10.1. The van der Waals surface area contributed by atoms with Crippen LogP contribution in [0.4, 0.5) is 5.69 Å². The van der Waals surface area contributed by atoms with Gasteiger partial charge in [0.15, 0.2) is 5.82 Å². The van der Waals surface area contributed by atoms with E-state index in [1.165, 1.54) is 0 Å². The maximum Gasteiger partial charge on any atom is 0.238 e. The van der Waals surface area contributed by atoms with Crippen LogP contribution >= 0.6 is 12.4 Å². The molecule has 0 atom stereocenters. The lowest BCUT2D eigenvalue weighted by Crippen LogP contribution is -2.25. The average Bonchev–Trinajstić information content (AvgIpc) is 2.89. The Morgan fingerprint density at radius 1 is 1.33 bits per heavy atom. The second-order valence-electron chi connectivity index (χ2n) is 4.82. The summed E-state index contributed by atoms with van der Waals surface area (Å²) in [4.78, 5) is 16.1. The molecule has 0 aliphatic carbocycles. The number of nitrogens with zero attached hydrogens (tertiary/aromatic N) is 2. The molecule has 6 nitrogen and oxygen atoms in total. The molecule has 0 saturated heterocycles. The van der Waals surface area contributed by atoms with Crippen molar-refractivity contribution in [3.05, 3.63) is 30.1 Å². The lowest BCUT2D eigenvalue weighted by Gasteiger charge is -2.08. The van der Waals surface area contributed by atoms with E-state index in [2.05, 4.69) is 25.8 Å². The molecular formula is C14H20ClN5O. The van der Waals surface area contributed by atoms with Gasteiger partial charge in [0.05, 0.1) is 12.2 Å². The van der Waals surface area contributed by atoms with Gasteiger partial charge in [-0.2, -0.15) is 5.10 Å². The summed E-state index contributed by atoms with van der Waals surface area (Å²) < 4.78 is 0. The van der Waals surface area contributed by atoms with Crippen LogP contribution < -0.4 is 10.6 Å². The largest absolute Gasteiger partial charge is 0.324 e. The van der Waals surface area contributed by atoms with E-state index in [0.29, 0.717) is 11.5 Å². The van der Waals surface area contributed by atoms with E-state index in [1.807, 2.05) is 38.1 Å². The Morgan fingerprint density at radius 3 is 2.67 bits per heavy atom. The van der Waals surface area contributed by atoms with Crippen LogP contribution in [0.15, 0.2) is 24.3 Å². The van der Waals surface area contributed by atoms with Crippen LogP contribution in [0.2, 0.25) is 0 Å². The van der Waals surface area contributed by atoms with E-state index < -0.39 is 0 Å². The molecule has 0 aliphatic rings. The zero-order valence-electron chi connectivity index (χ0n) is 12.3. The van der Waals surface area contributed by atoms with Gasteiger partial charge < -0.3 is 10.6 Å². The Morgan fingerprint density at radius 2 is 2.05 bits per heavy atom. The number of para-hydroxylation sites is 1. The molecule has 1 heterocycles. The van der Waals surface area contributed by atoms with Crippen LogP contribution in [0.25, 0.3) is 11.4 Å². The Balaban J connectivity index is 0.00000220. The number of halogens is 1. The molecule has 7 heteroatoms. The van der Waals surface area contributed by atoms with E-state index in [4.69, 9.17) is 0 Å². The topological polar surface area (TPSA) is 82.7 Å². The summed E-state index contributed by atoms with van der Waals surface area (Å²) in [6, 6.07) is 7.50. The second kappa shape index (κ2) is 7.75. The highest BCUT2D eigenvalue weighted by Crippen LogP contribution is 2.25. The van der Waals surface area contributed by atoms with E-state index in [-0.39, 0.29) is 30.8 Å². The number of benzene rings is 1. The maximum absolute atomic E-state index is 11.7. The molecule has 0 saturated carbocycles. The molecule has 0 unspecified atom stereocenters. The first-order valence-electron chi connectivity index (χ1n) is 6.58. The number of amides is 1. The van der Waals surface area contributed by atoms with Crippen LogP contribution in [0.1, 0.15) is 25.6 Å². The third-order valence-electron chi connectivity index (χ3n) is 2.83. The number of aromatic amines is 1. The highest BCUT2D eigenvalue weighted by Gasteiger charge is 2.13. The van der Waals surface area contributed by atoms with Crippen molar-refractivity contribution in [1.29, 1.82) is 0 Å². The van der Waals surface area contributed by atoms with Gasteiger partial charge >= 0.3 is 0 Å². The van der Waals surface area contributed by atoms with Gasteiger partial charge in [-0.15, -0.1) is 12.4 Å². The predicted octanol–water partition coefficient (Wildman–Crippen LogP) is 2.17. The van der Waals surface area contributed by atoms with Crippen LogP contribution in [0.5, 0.6) is 0 Å². The number of aromatic nitrogens is 3. The van der Waals surface area contributed by atoms with Crippen molar-refractivity contribution in [2.24, 2.45) is 0 Å². The van der Waals surface area contributed by atoms with Crippen LogP contribution in [-0.4, -0.2) is 34.7 Å². The van der Waals surface area contributed by atoms with E-state index in [9.17, 15) is 4.79 Å². The van der Waals surface area contributed by atoms with Crippen LogP contribution in [0.3, 0.4) is 0 Å². The summed E-state index contributed by atoms with van der Waals surface area (Å²) in [5, 5.41) is 12.8. The molecule has 0 aliphatic heterocycles. The number of nitrogens with one attached hydrogen (secondary N) is 3. The molecule has 0 fully saturated rings. The van der Waals surface area contributed by atoms with Gasteiger partial charge in [-0.3, -0.25) is 9.89 Å². The van der Waals surface area contributed by atoms with E-state index >= 15 is 0 Å². The van der Waals surface area contributed by atoms with Crippen molar-refractivity contribution in [3.8, 4) is 11.4 Å². The maximum atomic E-state index is 11.7. The van der Waals surface area contributed by atoms with Gasteiger partial charge in [0.25, 0.3) is 0 Å². The smallest absolute Gasteiger partial charge is 0.238 e. The number of H-pyrrole nitrogens is 1. The standard InChI is InChI=1S/C14H19N5O.ClH/c1-9(2)13-17-14(19-18-13)10-6-4-5-7-11(10)16-12(20)8-15-3;/h4-7,9,15H,8H2,1-3H3,(H,16,20)(H,17,18,19);1H. The van der Waals surface area contributed by atoms with Gasteiger partial charge in [-0.25, -0.2) is 4.98 Å². The molecule has 114 valence electrons. The Bertz CT molecular complexity index is 597. The molecule has 1 aromatic carbocycles. The Hall–Kier alpha value is -1.92. The van der Waals surface area contributed by atoms with E-state index in [1.54, 1.807) is 7.05 Å². The number of hydrogen-bond donors (Lipinski definition) is 3. The van der Waals surface area contributed by atoms with Crippen LogP contribution in [-0.2, 0) is 4.79 Å². The van der Waals surface area contributed by atoms with Gasteiger partial charge in [-0.1, -0.05) is 26.0 Å². The van der Waals surface area contributed by atoms with Gasteiger partial charge in [-0.05, 0) is 19.2 Å². The fourth-order valence-electron chi connectivity index (χ4n) is 1.80. The number of carbonyl (C=O) groups is 1.